The van der Waals surface area contributed by atoms with Crippen LogP contribution in [0.3, 0.4) is 0 Å². The van der Waals surface area contributed by atoms with E-state index >= 15 is 0 Å². The average Bonchev–Trinajstić information content (AvgIpc) is 2.65. The molecular weight excluding hydrogens is 232 g/mol. The number of thiophene rings is 1. The van der Waals surface area contributed by atoms with Gasteiger partial charge in [-0.05, 0) is 17.0 Å². The van der Waals surface area contributed by atoms with Crippen LogP contribution in [0.2, 0.25) is 0 Å². The van der Waals surface area contributed by atoms with E-state index in [0.29, 0.717) is 18.0 Å². The van der Waals surface area contributed by atoms with Crippen LogP contribution in [0.5, 0.6) is 0 Å². The fourth-order valence-corrected chi connectivity index (χ4v) is 1.87. The first kappa shape index (κ1) is 12.5. The third kappa shape index (κ3) is 3.87. The van der Waals surface area contributed by atoms with Gasteiger partial charge in [0.15, 0.2) is 0 Å². The quantitative estimate of drug-likeness (QED) is 0.637. The molecule has 0 aromatic carbocycles. The molecule has 0 bridgehead atoms. The average molecular weight is 244 g/mol. The third-order valence-electron chi connectivity index (χ3n) is 1.78. The molecule has 1 aromatic rings. The van der Waals surface area contributed by atoms with Crippen LogP contribution in [0.15, 0.2) is 11.4 Å². The summed E-state index contributed by atoms with van der Waals surface area (Å²) in [4.78, 5) is 21.3. The van der Waals surface area contributed by atoms with E-state index in [2.05, 4.69) is 10.1 Å². The van der Waals surface area contributed by atoms with E-state index < -0.39 is 12.1 Å². The summed E-state index contributed by atoms with van der Waals surface area (Å²) in [7, 11) is 0. The van der Waals surface area contributed by atoms with E-state index in [4.69, 9.17) is 10.8 Å². The predicted molar refractivity (Wildman–Crippen MR) is 58.5 cm³/mol. The molecule has 1 aromatic heterocycles. The number of carbonyl (C=O) groups is 2. The number of nitrogens with one attached hydrogen (secondary N) is 1. The van der Waals surface area contributed by atoms with Gasteiger partial charge in [0.05, 0.1) is 0 Å². The molecule has 0 aliphatic heterocycles. The SMILES string of the molecule is NC(=O)OCCNCc1ccsc1C(=O)O. The van der Waals surface area contributed by atoms with Gasteiger partial charge in [-0.15, -0.1) is 11.3 Å². The molecule has 0 aliphatic rings. The van der Waals surface area contributed by atoms with Crippen molar-refractivity contribution in [2.24, 2.45) is 5.73 Å². The standard InChI is InChI=1S/C9H12N2O4S/c10-9(14)15-3-2-11-5-6-1-4-16-7(6)8(12)13/h1,4,11H,2-3,5H2,(H2,10,14)(H,12,13). The number of carboxylic acid groups (broad SMARTS) is 1. The van der Waals surface area contributed by atoms with Crippen molar-refractivity contribution in [3.63, 3.8) is 0 Å². The van der Waals surface area contributed by atoms with Crippen LogP contribution in [0, 0.1) is 0 Å². The predicted octanol–water partition coefficient (Wildman–Crippen LogP) is 0.631. The fraction of sp³-hybridized carbons (Fsp3) is 0.333. The highest BCUT2D eigenvalue weighted by atomic mass is 32.1. The Balaban J connectivity index is 2.29. The normalized spacial score (nSPS) is 10.0. The molecule has 4 N–H and O–H groups in total. The Morgan fingerprint density at radius 1 is 1.56 bits per heavy atom. The number of amides is 1. The summed E-state index contributed by atoms with van der Waals surface area (Å²) in [6, 6.07) is 1.75. The Hall–Kier alpha value is -1.60. The molecule has 0 fully saturated rings. The summed E-state index contributed by atoms with van der Waals surface area (Å²) >= 11 is 1.18. The van der Waals surface area contributed by atoms with Crippen molar-refractivity contribution in [3.8, 4) is 0 Å². The van der Waals surface area contributed by atoms with Crippen molar-refractivity contribution >= 4 is 23.4 Å². The molecule has 16 heavy (non-hydrogen) atoms. The van der Waals surface area contributed by atoms with Crippen molar-refractivity contribution in [3.05, 3.63) is 21.9 Å². The van der Waals surface area contributed by atoms with E-state index in [1.165, 1.54) is 11.3 Å². The summed E-state index contributed by atoms with van der Waals surface area (Å²) in [5.74, 6) is -0.930. The lowest BCUT2D eigenvalue weighted by atomic mass is 10.2. The van der Waals surface area contributed by atoms with Crippen LogP contribution in [0.25, 0.3) is 0 Å². The van der Waals surface area contributed by atoms with Gasteiger partial charge in [0.2, 0.25) is 0 Å². The summed E-state index contributed by atoms with van der Waals surface area (Å²) in [5, 5.41) is 13.5. The fourth-order valence-electron chi connectivity index (χ4n) is 1.11. The van der Waals surface area contributed by atoms with Crippen molar-refractivity contribution in [2.45, 2.75) is 6.54 Å². The first-order chi connectivity index (χ1) is 7.61. The first-order valence-electron chi connectivity index (χ1n) is 4.54. The second kappa shape index (κ2) is 6.09. The van der Waals surface area contributed by atoms with Crippen LogP contribution in [-0.4, -0.2) is 30.3 Å². The number of primary amides is 1. The van der Waals surface area contributed by atoms with Crippen molar-refractivity contribution in [1.82, 2.24) is 5.32 Å². The van der Waals surface area contributed by atoms with Gasteiger partial charge in [-0.3, -0.25) is 0 Å². The van der Waals surface area contributed by atoms with Gasteiger partial charge < -0.3 is 20.9 Å². The van der Waals surface area contributed by atoms with E-state index in [9.17, 15) is 9.59 Å². The van der Waals surface area contributed by atoms with Crippen LogP contribution in [0.1, 0.15) is 15.2 Å². The van der Waals surface area contributed by atoms with Crippen molar-refractivity contribution in [2.75, 3.05) is 13.2 Å². The number of hydrogen-bond donors (Lipinski definition) is 3. The van der Waals surface area contributed by atoms with E-state index in [-0.39, 0.29) is 6.61 Å². The number of ether oxygens (including phenoxy) is 1. The van der Waals surface area contributed by atoms with Crippen LogP contribution < -0.4 is 11.1 Å². The molecule has 0 radical (unpaired) electrons. The number of nitrogens with two attached hydrogens (primary N) is 1. The third-order valence-corrected chi connectivity index (χ3v) is 2.72. The first-order valence-corrected chi connectivity index (χ1v) is 5.42. The maximum atomic E-state index is 10.8. The lowest BCUT2D eigenvalue weighted by Gasteiger charge is -2.04. The van der Waals surface area contributed by atoms with E-state index in [1.807, 2.05) is 0 Å². The minimum absolute atomic E-state index is 0.169. The summed E-state index contributed by atoms with van der Waals surface area (Å²) in [6.07, 6.45) is -0.816. The Morgan fingerprint density at radius 2 is 2.31 bits per heavy atom. The number of hydrogen-bond acceptors (Lipinski definition) is 5. The van der Waals surface area contributed by atoms with Gasteiger partial charge in [-0.2, -0.15) is 0 Å². The highest BCUT2D eigenvalue weighted by Gasteiger charge is 2.10. The maximum Gasteiger partial charge on any atom is 0.404 e. The summed E-state index contributed by atoms with van der Waals surface area (Å²) < 4.78 is 4.50. The Morgan fingerprint density at radius 3 is 2.94 bits per heavy atom. The Kier molecular flexibility index (Phi) is 4.74. The molecule has 0 saturated carbocycles. The molecule has 7 heteroatoms. The molecule has 1 amide bonds. The monoisotopic (exact) mass is 244 g/mol. The molecule has 88 valence electrons. The second-order valence-corrected chi connectivity index (χ2v) is 3.84. The molecule has 0 unspecified atom stereocenters. The lowest BCUT2D eigenvalue weighted by molar-refractivity contribution is 0.0701. The molecule has 1 rings (SSSR count). The number of aromatic carboxylic acids is 1. The molecule has 0 saturated heterocycles. The molecular formula is C9H12N2O4S. The molecule has 0 aliphatic carbocycles. The molecule has 0 spiro atoms. The zero-order valence-electron chi connectivity index (χ0n) is 8.43. The summed E-state index contributed by atoms with van der Waals surface area (Å²) in [6.45, 7) is 1.02. The molecule has 0 atom stereocenters. The molecule has 6 nitrogen and oxygen atoms in total. The second-order valence-electron chi connectivity index (χ2n) is 2.92. The summed E-state index contributed by atoms with van der Waals surface area (Å²) in [5.41, 5.74) is 5.49. The zero-order chi connectivity index (χ0) is 12.0. The van der Waals surface area contributed by atoms with Gasteiger partial charge in [-0.1, -0.05) is 0 Å². The minimum Gasteiger partial charge on any atom is -0.477 e. The number of carbonyl (C=O) groups excluding carboxylic acids is 1. The highest BCUT2D eigenvalue weighted by Crippen LogP contribution is 2.16. The van der Waals surface area contributed by atoms with E-state index in [1.54, 1.807) is 11.4 Å². The molecule has 1 heterocycles. The van der Waals surface area contributed by atoms with Gasteiger partial charge >= 0.3 is 12.1 Å². The largest absolute Gasteiger partial charge is 0.477 e. The smallest absolute Gasteiger partial charge is 0.404 e. The van der Waals surface area contributed by atoms with Crippen LogP contribution >= 0.6 is 11.3 Å². The lowest BCUT2D eigenvalue weighted by Crippen LogP contribution is -2.23. The van der Waals surface area contributed by atoms with Crippen LogP contribution in [0.4, 0.5) is 4.79 Å². The topological polar surface area (TPSA) is 102 Å². The maximum absolute atomic E-state index is 10.8. The van der Waals surface area contributed by atoms with Crippen LogP contribution in [-0.2, 0) is 11.3 Å². The van der Waals surface area contributed by atoms with Gasteiger partial charge in [-0.25, -0.2) is 9.59 Å². The van der Waals surface area contributed by atoms with E-state index in [0.717, 1.165) is 5.56 Å². The minimum atomic E-state index is -0.930. The number of rotatable bonds is 6. The van der Waals surface area contributed by atoms with Crippen molar-refractivity contribution < 1.29 is 19.4 Å². The number of carboxylic acids is 1. The highest BCUT2D eigenvalue weighted by molar-refractivity contribution is 7.12. The van der Waals surface area contributed by atoms with Gasteiger partial charge in [0.1, 0.15) is 11.5 Å². The zero-order valence-corrected chi connectivity index (χ0v) is 9.25. The van der Waals surface area contributed by atoms with Gasteiger partial charge in [0.25, 0.3) is 0 Å². The Bertz CT molecular complexity index is 377. The Labute approximate surface area is 96.0 Å². The van der Waals surface area contributed by atoms with Gasteiger partial charge in [0, 0.05) is 13.1 Å². The van der Waals surface area contributed by atoms with Crippen molar-refractivity contribution in [1.29, 1.82) is 0 Å².